The van der Waals surface area contributed by atoms with Gasteiger partial charge in [-0.25, -0.2) is 0 Å². The van der Waals surface area contributed by atoms with Crippen LogP contribution in [0.2, 0.25) is 0 Å². The number of hydrogen-bond donors (Lipinski definition) is 3. The number of rotatable bonds is 11. The van der Waals surface area contributed by atoms with E-state index in [4.69, 9.17) is 4.74 Å². The lowest BCUT2D eigenvalue weighted by Crippen LogP contribution is -2.43. The van der Waals surface area contributed by atoms with E-state index in [-0.39, 0.29) is 42.3 Å². The maximum Gasteiger partial charge on any atom is 0.253 e. The van der Waals surface area contributed by atoms with Crippen LogP contribution >= 0.6 is 0 Å². The van der Waals surface area contributed by atoms with Crippen LogP contribution in [0.5, 0.6) is 0 Å². The summed E-state index contributed by atoms with van der Waals surface area (Å²) in [6.07, 6.45) is 4.52. The maximum atomic E-state index is 12.6. The number of likely N-dealkylation sites (tertiary alicyclic amines) is 1. The first-order valence-electron chi connectivity index (χ1n) is 11.7. The van der Waals surface area contributed by atoms with Crippen LogP contribution in [0.25, 0.3) is 0 Å². The second-order valence-electron chi connectivity index (χ2n) is 8.96. The van der Waals surface area contributed by atoms with Gasteiger partial charge in [0.25, 0.3) is 5.91 Å². The van der Waals surface area contributed by atoms with Gasteiger partial charge in [-0.1, -0.05) is 12.1 Å². The quantitative estimate of drug-likeness (QED) is 0.454. The molecule has 2 fully saturated rings. The number of hydrogen-bond acceptors (Lipinski definition) is 5. The minimum atomic E-state index is -0.148. The molecule has 2 aliphatic rings. The molecule has 1 saturated carbocycles. The van der Waals surface area contributed by atoms with E-state index >= 15 is 0 Å². The summed E-state index contributed by atoms with van der Waals surface area (Å²) in [6.45, 7) is 6.92. The molecule has 0 bridgehead atoms. The molecule has 0 atom stereocenters. The summed E-state index contributed by atoms with van der Waals surface area (Å²) < 4.78 is 5.48. The lowest BCUT2D eigenvalue weighted by atomic mass is 9.96. The molecule has 3 amide bonds. The van der Waals surface area contributed by atoms with Crippen LogP contribution in [-0.4, -0.2) is 67.6 Å². The Morgan fingerprint density at radius 2 is 1.81 bits per heavy atom. The van der Waals surface area contributed by atoms with Gasteiger partial charge >= 0.3 is 0 Å². The topological polar surface area (TPSA) is 99.8 Å². The summed E-state index contributed by atoms with van der Waals surface area (Å²) in [7, 11) is 0. The van der Waals surface area contributed by atoms with Gasteiger partial charge in [0.2, 0.25) is 11.8 Å². The molecule has 1 heterocycles. The van der Waals surface area contributed by atoms with E-state index in [2.05, 4.69) is 20.9 Å². The van der Waals surface area contributed by atoms with Crippen molar-refractivity contribution in [2.45, 2.75) is 58.1 Å². The largest absolute Gasteiger partial charge is 0.379 e. The van der Waals surface area contributed by atoms with Gasteiger partial charge in [-0.05, 0) is 71.2 Å². The fourth-order valence-corrected chi connectivity index (χ4v) is 3.77. The molecule has 176 valence electrons. The third-order valence-electron chi connectivity index (χ3n) is 5.76. The van der Waals surface area contributed by atoms with Crippen LogP contribution < -0.4 is 16.0 Å². The van der Waals surface area contributed by atoms with E-state index in [1.54, 1.807) is 18.2 Å². The number of carbonyl (C=O) groups is 3. The van der Waals surface area contributed by atoms with Crippen LogP contribution in [-0.2, 0) is 14.3 Å². The Bertz CT molecular complexity index is 786. The second kappa shape index (κ2) is 12.0. The molecule has 0 spiro atoms. The van der Waals surface area contributed by atoms with Crippen molar-refractivity contribution in [3.63, 3.8) is 0 Å². The normalized spacial score (nSPS) is 17.2. The molecule has 0 radical (unpaired) electrons. The Labute approximate surface area is 190 Å². The van der Waals surface area contributed by atoms with Gasteiger partial charge in [0, 0.05) is 25.1 Å². The van der Waals surface area contributed by atoms with Crippen molar-refractivity contribution in [2.24, 2.45) is 5.92 Å². The van der Waals surface area contributed by atoms with Crippen LogP contribution in [0.4, 0.5) is 5.69 Å². The van der Waals surface area contributed by atoms with Gasteiger partial charge in [-0.15, -0.1) is 0 Å². The van der Waals surface area contributed by atoms with E-state index in [0.717, 1.165) is 32.1 Å². The fraction of sp³-hybridized carbons (Fsp3) is 0.625. The van der Waals surface area contributed by atoms with Gasteiger partial charge < -0.3 is 20.7 Å². The highest BCUT2D eigenvalue weighted by Gasteiger charge is 2.27. The van der Waals surface area contributed by atoms with Gasteiger partial charge in [-0.2, -0.15) is 0 Å². The van der Waals surface area contributed by atoms with E-state index in [1.807, 2.05) is 19.9 Å². The van der Waals surface area contributed by atoms with E-state index < -0.39 is 0 Å². The maximum absolute atomic E-state index is 12.6. The van der Waals surface area contributed by atoms with Crippen LogP contribution in [0.1, 0.15) is 56.3 Å². The Morgan fingerprint density at radius 3 is 2.50 bits per heavy atom. The second-order valence-corrected chi connectivity index (χ2v) is 8.96. The van der Waals surface area contributed by atoms with Crippen molar-refractivity contribution in [1.82, 2.24) is 15.5 Å². The zero-order valence-corrected chi connectivity index (χ0v) is 19.2. The molecule has 1 aliphatic carbocycles. The first-order valence-corrected chi connectivity index (χ1v) is 11.7. The molecule has 3 rings (SSSR count). The molecule has 32 heavy (non-hydrogen) atoms. The third-order valence-corrected chi connectivity index (χ3v) is 5.76. The fourth-order valence-electron chi connectivity index (χ4n) is 3.77. The predicted octanol–water partition coefficient (Wildman–Crippen LogP) is 2.16. The molecular weight excluding hydrogens is 408 g/mol. The number of anilines is 1. The molecule has 1 saturated heterocycles. The predicted molar refractivity (Wildman–Crippen MR) is 123 cm³/mol. The molecule has 1 aromatic carbocycles. The molecule has 8 heteroatoms. The molecule has 1 aliphatic heterocycles. The van der Waals surface area contributed by atoms with Gasteiger partial charge in [0.05, 0.1) is 23.9 Å². The van der Waals surface area contributed by atoms with E-state index in [1.165, 1.54) is 0 Å². The number of amides is 3. The molecule has 0 unspecified atom stereocenters. The van der Waals surface area contributed by atoms with Crippen molar-refractivity contribution >= 4 is 23.4 Å². The number of piperidine rings is 1. The number of carbonyl (C=O) groups excluding carboxylic acids is 3. The Kier molecular flexibility index (Phi) is 9.05. The first-order chi connectivity index (χ1) is 15.4. The highest BCUT2D eigenvalue weighted by atomic mass is 16.5. The van der Waals surface area contributed by atoms with Gasteiger partial charge in [0.1, 0.15) is 0 Å². The lowest BCUT2D eigenvalue weighted by Gasteiger charge is -2.30. The number of para-hydroxylation sites is 1. The van der Waals surface area contributed by atoms with E-state index in [9.17, 15) is 14.4 Å². The SMILES string of the molecule is CC(C)OCCCNC(=O)C1CCN(CC(=O)Nc2ccccc2C(=O)NC2CC2)CC1. The molecule has 1 aromatic rings. The summed E-state index contributed by atoms with van der Waals surface area (Å²) >= 11 is 0. The Hall–Kier alpha value is -2.45. The lowest BCUT2D eigenvalue weighted by molar-refractivity contribution is -0.126. The van der Waals surface area contributed by atoms with E-state index in [0.29, 0.717) is 37.5 Å². The van der Waals surface area contributed by atoms with Crippen LogP contribution in [0.15, 0.2) is 24.3 Å². The number of benzene rings is 1. The van der Waals surface area contributed by atoms with Crippen molar-refractivity contribution in [3.05, 3.63) is 29.8 Å². The smallest absolute Gasteiger partial charge is 0.253 e. The Morgan fingerprint density at radius 1 is 1.09 bits per heavy atom. The first kappa shape index (κ1) is 24.2. The summed E-state index contributed by atoms with van der Waals surface area (Å²) in [5.74, 6) is -0.211. The minimum absolute atomic E-state index is 0.00725. The van der Waals surface area contributed by atoms with Gasteiger partial charge in [0.15, 0.2) is 0 Å². The number of nitrogens with one attached hydrogen (secondary N) is 3. The van der Waals surface area contributed by atoms with Crippen LogP contribution in [0, 0.1) is 5.92 Å². The van der Waals surface area contributed by atoms with Crippen molar-refractivity contribution in [1.29, 1.82) is 0 Å². The monoisotopic (exact) mass is 444 g/mol. The highest BCUT2D eigenvalue weighted by Crippen LogP contribution is 2.22. The zero-order valence-electron chi connectivity index (χ0n) is 19.2. The average molecular weight is 445 g/mol. The molecule has 3 N–H and O–H groups in total. The van der Waals surface area contributed by atoms with Crippen molar-refractivity contribution in [2.75, 3.05) is 38.1 Å². The average Bonchev–Trinajstić information content (AvgIpc) is 3.58. The summed E-state index contributed by atoms with van der Waals surface area (Å²) in [5.41, 5.74) is 1.02. The number of ether oxygens (including phenoxy) is 1. The molecule has 0 aromatic heterocycles. The van der Waals surface area contributed by atoms with Gasteiger partial charge in [-0.3, -0.25) is 19.3 Å². The molecule has 8 nitrogen and oxygen atoms in total. The standard InChI is InChI=1S/C24H36N4O4/c1-17(2)32-15-5-12-25-23(30)18-10-13-28(14-11-18)16-22(29)27-21-7-4-3-6-20(21)24(31)26-19-8-9-19/h3-4,6-7,17-19H,5,8-16H2,1-2H3,(H,25,30)(H,26,31)(H,27,29). The Balaban J connectivity index is 1.37. The zero-order chi connectivity index (χ0) is 22.9. The summed E-state index contributed by atoms with van der Waals surface area (Å²) in [6, 6.07) is 7.35. The highest BCUT2D eigenvalue weighted by molar-refractivity contribution is 6.04. The summed E-state index contributed by atoms with van der Waals surface area (Å²) in [4.78, 5) is 39.4. The minimum Gasteiger partial charge on any atom is -0.379 e. The van der Waals surface area contributed by atoms with Crippen molar-refractivity contribution < 1.29 is 19.1 Å². The summed E-state index contributed by atoms with van der Waals surface area (Å²) in [5, 5.41) is 8.84. The third kappa shape index (κ3) is 7.91. The van der Waals surface area contributed by atoms with Crippen LogP contribution in [0.3, 0.4) is 0 Å². The van der Waals surface area contributed by atoms with Crippen molar-refractivity contribution in [3.8, 4) is 0 Å². The molecular formula is C24H36N4O4. The number of nitrogens with zero attached hydrogens (tertiary/aromatic N) is 1.